The minimum Gasteiger partial charge on any atom is -0.484 e. The Morgan fingerprint density at radius 3 is 2.73 bits per heavy atom. The van der Waals surface area contributed by atoms with Gasteiger partial charge in [-0.05, 0) is 36.6 Å². The number of nitrogens with one attached hydrogen (secondary N) is 2. The Balaban J connectivity index is 1.49. The van der Waals surface area contributed by atoms with Gasteiger partial charge >= 0.3 is 0 Å². The molecule has 162 valence electrons. The van der Waals surface area contributed by atoms with Crippen LogP contribution >= 0.6 is 11.6 Å². The highest BCUT2D eigenvalue weighted by molar-refractivity contribution is 6.30. The first-order valence-electron chi connectivity index (χ1n) is 9.58. The van der Waals surface area contributed by atoms with E-state index in [0.717, 1.165) is 31.7 Å². The van der Waals surface area contributed by atoms with Crippen LogP contribution in [0.3, 0.4) is 0 Å². The van der Waals surface area contributed by atoms with E-state index in [9.17, 15) is 14.0 Å². The number of ether oxygens (including phenoxy) is 2. The summed E-state index contributed by atoms with van der Waals surface area (Å²) in [5.74, 6) is -0.818. The van der Waals surface area contributed by atoms with E-state index in [0.29, 0.717) is 13.0 Å². The number of nitrogens with zero attached hydrogens (tertiary/aromatic N) is 1. The predicted molar refractivity (Wildman–Crippen MR) is 106 cm³/mol. The second-order valence-corrected chi connectivity index (χ2v) is 7.55. The quantitative estimate of drug-likeness (QED) is 0.622. The second-order valence-electron chi connectivity index (χ2n) is 7.14. The molecule has 8 nitrogen and oxygen atoms in total. The highest BCUT2D eigenvalue weighted by Crippen LogP contribution is 2.32. The minimum atomic E-state index is -0.609. The van der Waals surface area contributed by atoms with Crippen molar-refractivity contribution in [3.05, 3.63) is 40.9 Å². The lowest BCUT2D eigenvalue weighted by molar-refractivity contribution is -0.125. The van der Waals surface area contributed by atoms with Gasteiger partial charge in [-0.1, -0.05) is 24.4 Å². The summed E-state index contributed by atoms with van der Waals surface area (Å²) in [7, 11) is 1.43. The summed E-state index contributed by atoms with van der Waals surface area (Å²) in [6.07, 6.45) is 4.14. The molecule has 0 spiro atoms. The first-order chi connectivity index (χ1) is 14.4. The summed E-state index contributed by atoms with van der Waals surface area (Å²) >= 11 is 5.64. The number of aromatic nitrogens is 1. The van der Waals surface area contributed by atoms with E-state index in [-0.39, 0.29) is 34.9 Å². The third-order valence-corrected chi connectivity index (χ3v) is 5.34. The number of benzene rings is 1. The van der Waals surface area contributed by atoms with E-state index in [1.165, 1.54) is 25.3 Å². The molecule has 1 heterocycles. The first kappa shape index (κ1) is 21.9. The van der Waals surface area contributed by atoms with Crippen LogP contribution < -0.4 is 20.1 Å². The van der Waals surface area contributed by atoms with Crippen LogP contribution in [0.2, 0.25) is 5.02 Å². The van der Waals surface area contributed by atoms with E-state index in [4.69, 9.17) is 25.6 Å². The standard InChI is InChI=1S/C20H23ClFN3O5/c1-28-18-11-16(30-25-18)19(27)23-9-8-20(6-2-3-7-20)24-17(26)12-29-13-4-5-14(21)15(22)10-13/h4-5,10-11H,2-3,6-9,12H2,1H3,(H,23,27)(H,24,26). The smallest absolute Gasteiger partial charge is 0.290 e. The lowest BCUT2D eigenvalue weighted by atomic mass is 9.93. The Kier molecular flexibility index (Phi) is 7.15. The third-order valence-electron chi connectivity index (χ3n) is 5.04. The predicted octanol–water partition coefficient (Wildman–Crippen LogP) is 3.10. The van der Waals surface area contributed by atoms with Crippen LogP contribution in [0.4, 0.5) is 4.39 Å². The fourth-order valence-corrected chi connectivity index (χ4v) is 3.62. The Labute approximate surface area is 178 Å². The van der Waals surface area contributed by atoms with E-state index >= 15 is 0 Å². The number of amides is 2. The molecule has 30 heavy (non-hydrogen) atoms. The van der Waals surface area contributed by atoms with E-state index in [1.54, 1.807) is 0 Å². The molecule has 2 N–H and O–H groups in total. The van der Waals surface area contributed by atoms with E-state index < -0.39 is 17.3 Å². The van der Waals surface area contributed by atoms with Crippen LogP contribution in [0.5, 0.6) is 11.6 Å². The Hall–Kier alpha value is -2.81. The van der Waals surface area contributed by atoms with Crippen molar-refractivity contribution in [3.63, 3.8) is 0 Å². The average molecular weight is 440 g/mol. The van der Waals surface area contributed by atoms with Crippen LogP contribution in [0.15, 0.2) is 28.8 Å². The van der Waals surface area contributed by atoms with Gasteiger partial charge in [0.25, 0.3) is 17.7 Å². The van der Waals surface area contributed by atoms with Crippen molar-refractivity contribution in [1.29, 1.82) is 0 Å². The summed E-state index contributed by atoms with van der Waals surface area (Å²) in [6, 6.07) is 5.40. The summed E-state index contributed by atoms with van der Waals surface area (Å²) in [5.41, 5.74) is -0.419. The monoisotopic (exact) mass is 439 g/mol. The van der Waals surface area contributed by atoms with Crippen molar-refractivity contribution < 1.29 is 28.0 Å². The van der Waals surface area contributed by atoms with Crippen LogP contribution in [0.25, 0.3) is 0 Å². The van der Waals surface area contributed by atoms with Crippen molar-refractivity contribution in [2.24, 2.45) is 0 Å². The van der Waals surface area contributed by atoms with Crippen LogP contribution in [-0.4, -0.2) is 42.8 Å². The summed E-state index contributed by atoms with van der Waals surface area (Å²) in [5, 5.41) is 9.37. The van der Waals surface area contributed by atoms with Gasteiger partial charge in [0.05, 0.1) is 18.2 Å². The number of methoxy groups -OCH3 is 1. The van der Waals surface area contributed by atoms with E-state index in [2.05, 4.69) is 15.8 Å². The maximum Gasteiger partial charge on any atom is 0.290 e. The largest absolute Gasteiger partial charge is 0.484 e. The zero-order valence-electron chi connectivity index (χ0n) is 16.5. The van der Waals surface area contributed by atoms with Crippen LogP contribution in [0, 0.1) is 5.82 Å². The van der Waals surface area contributed by atoms with Crippen LogP contribution in [-0.2, 0) is 4.79 Å². The molecule has 0 unspecified atom stereocenters. The van der Waals surface area contributed by atoms with Gasteiger partial charge in [-0.15, -0.1) is 0 Å². The average Bonchev–Trinajstić information content (AvgIpc) is 3.39. The molecule has 1 fully saturated rings. The molecule has 0 radical (unpaired) electrons. The van der Waals surface area contributed by atoms with Crippen molar-refractivity contribution in [3.8, 4) is 11.6 Å². The van der Waals surface area contributed by atoms with E-state index in [1.807, 2.05) is 0 Å². The lowest BCUT2D eigenvalue weighted by Gasteiger charge is -2.30. The molecule has 1 aromatic carbocycles. The van der Waals surface area contributed by atoms with Crippen LogP contribution in [0.1, 0.15) is 42.7 Å². The maximum atomic E-state index is 13.5. The van der Waals surface area contributed by atoms with Crippen molar-refractivity contribution in [2.75, 3.05) is 20.3 Å². The van der Waals surface area contributed by atoms with Crippen molar-refractivity contribution in [1.82, 2.24) is 15.8 Å². The zero-order valence-corrected chi connectivity index (χ0v) is 17.3. The van der Waals surface area contributed by atoms with Crippen molar-refractivity contribution >= 4 is 23.4 Å². The van der Waals surface area contributed by atoms with Gasteiger partial charge in [-0.2, -0.15) is 0 Å². The second kappa shape index (κ2) is 9.80. The summed E-state index contributed by atoms with van der Waals surface area (Å²) < 4.78 is 28.6. The Bertz CT molecular complexity index is 898. The lowest BCUT2D eigenvalue weighted by Crippen LogP contribution is -2.49. The molecular weight excluding hydrogens is 417 g/mol. The molecule has 10 heteroatoms. The van der Waals surface area contributed by atoms with Gasteiger partial charge < -0.3 is 24.6 Å². The highest BCUT2D eigenvalue weighted by atomic mass is 35.5. The maximum absolute atomic E-state index is 13.5. The number of hydrogen-bond acceptors (Lipinski definition) is 6. The molecule has 2 aromatic rings. The molecule has 0 aliphatic heterocycles. The molecule has 0 atom stereocenters. The first-order valence-corrected chi connectivity index (χ1v) is 9.96. The fraction of sp³-hybridized carbons (Fsp3) is 0.450. The number of hydrogen-bond donors (Lipinski definition) is 2. The van der Waals surface area contributed by atoms with Gasteiger partial charge in [0, 0.05) is 18.2 Å². The fourth-order valence-electron chi connectivity index (χ4n) is 3.50. The topological polar surface area (TPSA) is 103 Å². The van der Waals surface area contributed by atoms with Crippen molar-refractivity contribution in [2.45, 2.75) is 37.6 Å². The van der Waals surface area contributed by atoms with Gasteiger partial charge in [0.1, 0.15) is 11.6 Å². The van der Waals surface area contributed by atoms with Gasteiger partial charge in [0.2, 0.25) is 5.76 Å². The molecule has 1 aromatic heterocycles. The zero-order chi connectivity index (χ0) is 21.6. The van der Waals surface area contributed by atoms with Gasteiger partial charge in [0.15, 0.2) is 6.61 Å². The normalized spacial score (nSPS) is 14.9. The molecule has 3 rings (SSSR count). The number of halogens is 2. The summed E-state index contributed by atoms with van der Waals surface area (Å²) in [6.45, 7) is 0.110. The molecule has 1 saturated carbocycles. The molecule has 0 saturated heterocycles. The molecule has 1 aliphatic rings. The summed E-state index contributed by atoms with van der Waals surface area (Å²) in [4.78, 5) is 24.5. The number of carbonyl (C=O) groups excluding carboxylic acids is 2. The minimum absolute atomic E-state index is 0.0115. The molecule has 2 amide bonds. The Morgan fingerprint density at radius 1 is 1.30 bits per heavy atom. The number of rotatable bonds is 9. The third kappa shape index (κ3) is 5.63. The molecule has 1 aliphatic carbocycles. The van der Waals surface area contributed by atoms with Gasteiger partial charge in [-0.25, -0.2) is 4.39 Å². The SMILES string of the molecule is COc1cc(C(=O)NCCC2(NC(=O)COc3ccc(Cl)c(F)c3)CCCC2)on1. The van der Waals surface area contributed by atoms with Gasteiger partial charge in [-0.3, -0.25) is 9.59 Å². The molecular formula is C20H23ClFN3O5. The Morgan fingerprint density at radius 2 is 2.07 bits per heavy atom. The highest BCUT2D eigenvalue weighted by Gasteiger charge is 2.35. The number of carbonyl (C=O) groups is 2. The molecule has 0 bridgehead atoms.